The molecule has 0 spiro atoms. The molecule has 0 saturated heterocycles. The average Bonchev–Trinajstić information content (AvgIpc) is 2.77. The first kappa shape index (κ1) is 27.8. The molecule has 0 aliphatic heterocycles. The SMILES string of the molecule is Cc1ccccc1C(=O)N[C@@H](CC(C)C)C(=O)NC(Cc1ccccc1)C(=O)C(=O)NC(C)(C)C. The van der Waals surface area contributed by atoms with E-state index in [1.165, 1.54) is 0 Å². The Balaban J connectivity index is 2.26. The third-order valence-corrected chi connectivity index (χ3v) is 5.35. The van der Waals surface area contributed by atoms with Crippen molar-refractivity contribution < 1.29 is 19.2 Å². The van der Waals surface area contributed by atoms with Crippen molar-refractivity contribution in [2.75, 3.05) is 0 Å². The van der Waals surface area contributed by atoms with Gasteiger partial charge >= 0.3 is 0 Å². The van der Waals surface area contributed by atoms with Gasteiger partial charge in [0, 0.05) is 17.5 Å². The maximum atomic E-state index is 13.3. The lowest BCUT2D eigenvalue weighted by Crippen LogP contribution is -2.56. The summed E-state index contributed by atoms with van der Waals surface area (Å²) in [7, 11) is 0. The first-order valence-electron chi connectivity index (χ1n) is 11.9. The number of nitrogens with one attached hydrogen (secondary N) is 3. The molecule has 7 heteroatoms. The fraction of sp³-hybridized carbons (Fsp3) is 0.429. The van der Waals surface area contributed by atoms with E-state index in [0.29, 0.717) is 12.0 Å². The average molecular weight is 480 g/mol. The van der Waals surface area contributed by atoms with Gasteiger partial charge in [-0.25, -0.2) is 0 Å². The van der Waals surface area contributed by atoms with Crippen LogP contribution in [0.25, 0.3) is 0 Å². The summed E-state index contributed by atoms with van der Waals surface area (Å²) in [6.45, 7) is 11.1. The summed E-state index contributed by atoms with van der Waals surface area (Å²) in [5, 5.41) is 8.23. The van der Waals surface area contributed by atoms with E-state index in [1.807, 2.05) is 63.2 Å². The molecule has 2 aromatic carbocycles. The largest absolute Gasteiger partial charge is 0.345 e. The molecule has 188 valence electrons. The zero-order chi connectivity index (χ0) is 26.2. The number of hydrogen-bond acceptors (Lipinski definition) is 4. The van der Waals surface area contributed by atoms with Crippen LogP contribution in [0.1, 0.15) is 62.5 Å². The number of rotatable bonds is 10. The predicted octanol–water partition coefficient (Wildman–Crippen LogP) is 3.35. The summed E-state index contributed by atoms with van der Waals surface area (Å²) in [5.74, 6) is -2.25. The third-order valence-electron chi connectivity index (χ3n) is 5.35. The monoisotopic (exact) mass is 479 g/mol. The van der Waals surface area contributed by atoms with Crippen LogP contribution in [-0.4, -0.2) is 41.1 Å². The highest BCUT2D eigenvalue weighted by molar-refractivity contribution is 6.38. The van der Waals surface area contributed by atoms with Crippen molar-refractivity contribution in [3.8, 4) is 0 Å². The van der Waals surface area contributed by atoms with Gasteiger partial charge in [-0.15, -0.1) is 0 Å². The van der Waals surface area contributed by atoms with Gasteiger partial charge in [0.1, 0.15) is 12.1 Å². The number of benzene rings is 2. The first-order valence-corrected chi connectivity index (χ1v) is 11.9. The van der Waals surface area contributed by atoms with Crippen LogP contribution in [0.2, 0.25) is 0 Å². The maximum absolute atomic E-state index is 13.3. The van der Waals surface area contributed by atoms with Crippen molar-refractivity contribution in [2.45, 2.75) is 72.0 Å². The molecule has 2 rings (SSSR count). The van der Waals surface area contributed by atoms with Crippen molar-refractivity contribution in [1.82, 2.24) is 16.0 Å². The van der Waals surface area contributed by atoms with Crippen LogP contribution in [0, 0.1) is 12.8 Å². The second-order valence-electron chi connectivity index (χ2n) is 10.3. The van der Waals surface area contributed by atoms with Crippen molar-refractivity contribution in [2.24, 2.45) is 5.92 Å². The molecular weight excluding hydrogens is 442 g/mol. The number of Topliss-reactive ketones (excluding diaryl/α,β-unsaturated/α-hetero) is 1. The highest BCUT2D eigenvalue weighted by atomic mass is 16.2. The van der Waals surface area contributed by atoms with Gasteiger partial charge in [0.15, 0.2) is 0 Å². The van der Waals surface area contributed by atoms with Crippen LogP contribution in [0.15, 0.2) is 54.6 Å². The quantitative estimate of drug-likeness (QED) is 0.455. The molecule has 0 saturated carbocycles. The minimum Gasteiger partial charge on any atom is -0.345 e. The predicted molar refractivity (Wildman–Crippen MR) is 137 cm³/mol. The van der Waals surface area contributed by atoms with Crippen molar-refractivity contribution in [3.63, 3.8) is 0 Å². The minimum atomic E-state index is -1.07. The van der Waals surface area contributed by atoms with Gasteiger partial charge in [-0.2, -0.15) is 0 Å². The zero-order valence-corrected chi connectivity index (χ0v) is 21.5. The van der Waals surface area contributed by atoms with E-state index in [0.717, 1.165) is 11.1 Å². The van der Waals surface area contributed by atoms with Crippen molar-refractivity contribution in [1.29, 1.82) is 0 Å². The van der Waals surface area contributed by atoms with Gasteiger partial charge in [0.25, 0.3) is 11.8 Å². The van der Waals surface area contributed by atoms with Crippen LogP contribution in [0.4, 0.5) is 0 Å². The molecule has 0 aliphatic rings. The third kappa shape index (κ3) is 9.00. The number of hydrogen-bond donors (Lipinski definition) is 3. The standard InChI is InChI=1S/C28H37N3O4/c1-18(2)16-23(30-25(33)21-15-11-10-12-19(21)3)26(34)29-22(17-20-13-8-7-9-14-20)24(32)27(35)31-28(4,5)6/h7-15,18,22-23H,16-17H2,1-6H3,(H,29,34)(H,30,33)(H,31,35)/t22?,23-/m0/s1. The van der Waals surface area contributed by atoms with E-state index in [2.05, 4.69) is 16.0 Å². The fourth-order valence-corrected chi connectivity index (χ4v) is 3.66. The van der Waals surface area contributed by atoms with E-state index in [9.17, 15) is 19.2 Å². The van der Waals surface area contributed by atoms with Crippen LogP contribution in [0.5, 0.6) is 0 Å². The lowest BCUT2D eigenvalue weighted by molar-refractivity contribution is -0.141. The molecule has 0 aromatic heterocycles. The molecule has 35 heavy (non-hydrogen) atoms. The second kappa shape index (κ2) is 12.3. The molecule has 2 atom stereocenters. The lowest BCUT2D eigenvalue weighted by atomic mass is 9.98. The number of aryl methyl sites for hydroxylation is 1. The molecule has 3 N–H and O–H groups in total. The van der Waals surface area contributed by atoms with E-state index in [-0.39, 0.29) is 18.2 Å². The summed E-state index contributed by atoms with van der Waals surface area (Å²) < 4.78 is 0. The Hall–Kier alpha value is -3.48. The van der Waals surface area contributed by atoms with Gasteiger partial charge in [-0.3, -0.25) is 19.2 Å². The van der Waals surface area contributed by atoms with Gasteiger partial charge in [-0.05, 0) is 57.2 Å². The molecule has 3 amide bonds. The molecule has 0 radical (unpaired) electrons. The Morgan fingerprint density at radius 1 is 0.829 bits per heavy atom. The Kier molecular flexibility index (Phi) is 9.75. The minimum absolute atomic E-state index is 0.107. The molecule has 1 unspecified atom stereocenters. The lowest BCUT2D eigenvalue weighted by Gasteiger charge is -2.25. The van der Waals surface area contributed by atoms with E-state index in [4.69, 9.17) is 0 Å². The molecule has 0 fully saturated rings. The number of carbonyl (C=O) groups excluding carboxylic acids is 4. The first-order chi connectivity index (χ1) is 16.4. The molecular formula is C28H37N3O4. The summed E-state index contributed by atoms with van der Waals surface area (Å²) >= 11 is 0. The Morgan fingerprint density at radius 2 is 1.43 bits per heavy atom. The fourth-order valence-electron chi connectivity index (χ4n) is 3.66. The summed E-state index contributed by atoms with van der Waals surface area (Å²) in [5.41, 5.74) is 1.48. The summed E-state index contributed by atoms with van der Waals surface area (Å²) in [6.07, 6.45) is 0.535. The van der Waals surface area contributed by atoms with Gasteiger partial charge < -0.3 is 16.0 Å². The number of carbonyl (C=O) groups is 4. The Bertz CT molecular complexity index is 1040. The molecule has 7 nitrogen and oxygen atoms in total. The normalized spacial score (nSPS) is 13.0. The highest BCUT2D eigenvalue weighted by Gasteiger charge is 2.32. The van der Waals surface area contributed by atoms with Gasteiger partial charge in [-0.1, -0.05) is 62.4 Å². The van der Waals surface area contributed by atoms with E-state index >= 15 is 0 Å². The Labute approximate surface area is 208 Å². The smallest absolute Gasteiger partial charge is 0.290 e. The maximum Gasteiger partial charge on any atom is 0.290 e. The number of ketones is 1. The van der Waals surface area contributed by atoms with Gasteiger partial charge in [0.05, 0.1) is 0 Å². The zero-order valence-electron chi connectivity index (χ0n) is 21.5. The van der Waals surface area contributed by atoms with Crippen LogP contribution >= 0.6 is 0 Å². The molecule has 0 aliphatic carbocycles. The van der Waals surface area contributed by atoms with Crippen LogP contribution in [0.3, 0.4) is 0 Å². The second-order valence-corrected chi connectivity index (χ2v) is 10.3. The number of amides is 3. The summed E-state index contributed by atoms with van der Waals surface area (Å²) in [4.78, 5) is 52.0. The Morgan fingerprint density at radius 3 is 2.00 bits per heavy atom. The van der Waals surface area contributed by atoms with Crippen molar-refractivity contribution in [3.05, 3.63) is 71.3 Å². The highest BCUT2D eigenvalue weighted by Crippen LogP contribution is 2.12. The molecule has 0 heterocycles. The van der Waals surface area contributed by atoms with E-state index < -0.39 is 35.2 Å². The molecule has 2 aromatic rings. The topological polar surface area (TPSA) is 104 Å². The van der Waals surface area contributed by atoms with Crippen LogP contribution in [-0.2, 0) is 20.8 Å². The van der Waals surface area contributed by atoms with Crippen LogP contribution < -0.4 is 16.0 Å². The van der Waals surface area contributed by atoms with Gasteiger partial charge in [0.2, 0.25) is 11.7 Å². The van der Waals surface area contributed by atoms with Crippen molar-refractivity contribution >= 4 is 23.5 Å². The molecule has 0 bridgehead atoms. The van der Waals surface area contributed by atoms with E-state index in [1.54, 1.807) is 32.9 Å². The summed E-state index contributed by atoms with van der Waals surface area (Å²) in [6, 6.07) is 14.4.